The van der Waals surface area contributed by atoms with Crippen molar-refractivity contribution >= 4 is 11.6 Å². The van der Waals surface area contributed by atoms with Gasteiger partial charge in [0.25, 0.3) is 5.56 Å². The molecule has 0 saturated carbocycles. The van der Waals surface area contributed by atoms with Crippen molar-refractivity contribution < 1.29 is 4.79 Å². The highest BCUT2D eigenvalue weighted by Gasteiger charge is 2.19. The van der Waals surface area contributed by atoms with E-state index in [1.54, 1.807) is 31.5 Å². The number of anilines is 1. The maximum absolute atomic E-state index is 12.6. The summed E-state index contributed by atoms with van der Waals surface area (Å²) in [5.41, 5.74) is 2.46. The molecule has 0 saturated heterocycles. The fourth-order valence-corrected chi connectivity index (χ4v) is 2.45. The largest absolute Gasteiger partial charge is 0.324 e. The van der Waals surface area contributed by atoms with Crippen molar-refractivity contribution in [3.63, 3.8) is 0 Å². The number of carbonyl (C=O) groups excluding carboxylic acids is 1. The second-order valence-corrected chi connectivity index (χ2v) is 5.84. The third-order valence-electron chi connectivity index (χ3n) is 4.16. The average molecular weight is 337 g/mol. The van der Waals surface area contributed by atoms with Crippen LogP contribution in [-0.4, -0.2) is 25.5 Å². The number of amides is 1. The van der Waals surface area contributed by atoms with Gasteiger partial charge < -0.3 is 5.32 Å². The van der Waals surface area contributed by atoms with Gasteiger partial charge in [-0.1, -0.05) is 12.1 Å². The molecule has 2 aromatic heterocycles. The summed E-state index contributed by atoms with van der Waals surface area (Å²) in [6.07, 6.45) is 3.34. The van der Waals surface area contributed by atoms with E-state index in [0.29, 0.717) is 5.82 Å². The molecule has 0 fully saturated rings. The summed E-state index contributed by atoms with van der Waals surface area (Å²) in [5.74, 6) is 0.164. The van der Waals surface area contributed by atoms with Gasteiger partial charge in [-0.05, 0) is 50.1 Å². The molecule has 2 heterocycles. The topological polar surface area (TPSA) is 81.8 Å². The Labute approximate surface area is 144 Å². The predicted molar refractivity (Wildman–Crippen MR) is 94.9 cm³/mol. The summed E-state index contributed by atoms with van der Waals surface area (Å²) in [6, 6.07) is 9.64. The number of benzene rings is 1. The van der Waals surface area contributed by atoms with E-state index in [1.807, 2.05) is 32.0 Å². The van der Waals surface area contributed by atoms with E-state index in [0.717, 1.165) is 21.5 Å². The molecule has 0 bridgehead atoms. The monoisotopic (exact) mass is 337 g/mol. The van der Waals surface area contributed by atoms with Crippen LogP contribution in [-0.2, 0) is 4.79 Å². The molecule has 1 N–H and O–H groups in total. The van der Waals surface area contributed by atoms with Crippen LogP contribution in [0.2, 0.25) is 0 Å². The summed E-state index contributed by atoms with van der Waals surface area (Å²) in [5, 5.41) is 11.2. The van der Waals surface area contributed by atoms with Crippen LogP contribution in [0.5, 0.6) is 0 Å². The second-order valence-electron chi connectivity index (χ2n) is 5.84. The molecule has 1 unspecified atom stereocenters. The highest BCUT2D eigenvalue weighted by atomic mass is 16.2. The third-order valence-corrected chi connectivity index (χ3v) is 4.16. The maximum atomic E-state index is 12.6. The van der Waals surface area contributed by atoms with Gasteiger partial charge in [0.15, 0.2) is 5.82 Å². The molecule has 0 spiro atoms. The molecule has 0 aliphatic rings. The summed E-state index contributed by atoms with van der Waals surface area (Å²) in [4.78, 5) is 24.7. The molecule has 1 aromatic carbocycles. The molecule has 1 atom stereocenters. The van der Waals surface area contributed by atoms with Crippen LogP contribution in [0.1, 0.15) is 24.1 Å². The highest BCUT2D eigenvalue weighted by molar-refractivity contribution is 5.94. The molecular formula is C18H19N5O2. The Bertz CT molecular complexity index is 960. The van der Waals surface area contributed by atoms with Crippen molar-refractivity contribution in [2.75, 3.05) is 5.32 Å². The van der Waals surface area contributed by atoms with E-state index in [4.69, 9.17) is 0 Å². The number of rotatable bonds is 4. The summed E-state index contributed by atoms with van der Waals surface area (Å²) < 4.78 is 2.70. The molecule has 0 radical (unpaired) electrons. The lowest BCUT2D eigenvalue weighted by molar-refractivity contribution is -0.119. The highest BCUT2D eigenvalue weighted by Crippen LogP contribution is 2.19. The van der Waals surface area contributed by atoms with Gasteiger partial charge in [0, 0.05) is 24.1 Å². The van der Waals surface area contributed by atoms with Gasteiger partial charge in [0.2, 0.25) is 5.91 Å². The molecular weight excluding hydrogens is 318 g/mol. The number of nitrogens with one attached hydrogen (secondary N) is 1. The normalized spacial score (nSPS) is 12.0. The van der Waals surface area contributed by atoms with Crippen LogP contribution < -0.4 is 10.9 Å². The SMILES string of the molecule is Cc1cccc(NC(=O)C(C)n2nc(-n3cccn3)ccc2=O)c1C. The lowest BCUT2D eigenvalue weighted by Gasteiger charge is -2.16. The molecule has 1 amide bonds. The van der Waals surface area contributed by atoms with Gasteiger partial charge in [-0.25, -0.2) is 9.36 Å². The minimum Gasteiger partial charge on any atom is -0.324 e. The van der Waals surface area contributed by atoms with E-state index in [2.05, 4.69) is 15.5 Å². The molecule has 25 heavy (non-hydrogen) atoms. The number of aromatic nitrogens is 4. The van der Waals surface area contributed by atoms with E-state index in [9.17, 15) is 9.59 Å². The first kappa shape index (κ1) is 16.6. The van der Waals surface area contributed by atoms with Gasteiger partial charge in [0.05, 0.1) is 0 Å². The smallest absolute Gasteiger partial charge is 0.267 e. The number of hydrogen-bond donors (Lipinski definition) is 1. The Morgan fingerprint density at radius 2 is 1.96 bits per heavy atom. The quantitative estimate of drug-likeness (QED) is 0.791. The average Bonchev–Trinajstić information content (AvgIpc) is 3.13. The number of carbonyl (C=O) groups is 1. The van der Waals surface area contributed by atoms with Crippen LogP contribution in [0.4, 0.5) is 5.69 Å². The fraction of sp³-hybridized carbons (Fsp3) is 0.222. The van der Waals surface area contributed by atoms with E-state index in [1.165, 1.54) is 10.7 Å². The van der Waals surface area contributed by atoms with Crippen LogP contribution in [0, 0.1) is 13.8 Å². The fourth-order valence-electron chi connectivity index (χ4n) is 2.45. The lowest BCUT2D eigenvalue weighted by Crippen LogP contribution is -2.33. The summed E-state index contributed by atoms with van der Waals surface area (Å²) in [7, 11) is 0. The zero-order chi connectivity index (χ0) is 18.0. The predicted octanol–water partition coefficient (Wildman–Crippen LogP) is 2.25. The molecule has 7 heteroatoms. The molecule has 7 nitrogen and oxygen atoms in total. The van der Waals surface area contributed by atoms with Crippen LogP contribution in [0.15, 0.2) is 53.6 Å². The summed E-state index contributed by atoms with van der Waals surface area (Å²) in [6.45, 7) is 5.56. The van der Waals surface area contributed by atoms with Crippen LogP contribution >= 0.6 is 0 Å². The first-order valence-corrected chi connectivity index (χ1v) is 7.94. The molecule has 128 valence electrons. The Hall–Kier alpha value is -3.22. The van der Waals surface area contributed by atoms with E-state index in [-0.39, 0.29) is 11.5 Å². The van der Waals surface area contributed by atoms with Crippen LogP contribution in [0.3, 0.4) is 0 Å². The number of nitrogens with zero attached hydrogens (tertiary/aromatic N) is 4. The van der Waals surface area contributed by atoms with Crippen LogP contribution in [0.25, 0.3) is 5.82 Å². The van der Waals surface area contributed by atoms with Gasteiger partial charge in [0.1, 0.15) is 6.04 Å². The molecule has 0 aliphatic carbocycles. The Balaban J connectivity index is 1.88. The van der Waals surface area contributed by atoms with Crippen molar-refractivity contribution in [2.24, 2.45) is 0 Å². The van der Waals surface area contributed by atoms with Crippen molar-refractivity contribution in [1.82, 2.24) is 19.6 Å². The van der Waals surface area contributed by atoms with Crippen molar-refractivity contribution in [3.05, 3.63) is 70.3 Å². The molecule has 3 rings (SSSR count). The Morgan fingerprint density at radius 3 is 2.68 bits per heavy atom. The van der Waals surface area contributed by atoms with E-state index < -0.39 is 6.04 Å². The number of aryl methyl sites for hydroxylation is 1. The summed E-state index contributed by atoms with van der Waals surface area (Å²) >= 11 is 0. The van der Waals surface area contributed by atoms with E-state index >= 15 is 0 Å². The number of hydrogen-bond acceptors (Lipinski definition) is 4. The zero-order valence-corrected chi connectivity index (χ0v) is 14.3. The van der Waals surface area contributed by atoms with Gasteiger partial charge >= 0.3 is 0 Å². The molecule has 0 aliphatic heterocycles. The Morgan fingerprint density at radius 1 is 1.16 bits per heavy atom. The van der Waals surface area contributed by atoms with Gasteiger partial charge in [-0.15, -0.1) is 5.10 Å². The first-order chi connectivity index (χ1) is 12.0. The van der Waals surface area contributed by atoms with Crippen molar-refractivity contribution in [3.8, 4) is 5.82 Å². The second kappa shape index (κ2) is 6.72. The van der Waals surface area contributed by atoms with Crippen molar-refractivity contribution in [1.29, 1.82) is 0 Å². The maximum Gasteiger partial charge on any atom is 0.267 e. The standard InChI is InChI=1S/C18H19N5O2/c1-12-6-4-7-15(13(12)2)20-18(25)14(3)23-17(24)9-8-16(21-23)22-11-5-10-19-22/h4-11,14H,1-3H3,(H,20,25). The van der Waals surface area contributed by atoms with Crippen molar-refractivity contribution in [2.45, 2.75) is 26.8 Å². The minimum absolute atomic E-state index is 0.305. The first-order valence-electron chi connectivity index (χ1n) is 7.94. The minimum atomic E-state index is -0.761. The third kappa shape index (κ3) is 3.35. The Kier molecular flexibility index (Phi) is 4.47. The van der Waals surface area contributed by atoms with Gasteiger partial charge in [-0.2, -0.15) is 5.10 Å². The van der Waals surface area contributed by atoms with Gasteiger partial charge in [-0.3, -0.25) is 9.59 Å². The lowest BCUT2D eigenvalue weighted by atomic mass is 10.1. The molecule has 3 aromatic rings. The zero-order valence-electron chi connectivity index (χ0n) is 14.3.